The fourth-order valence-electron chi connectivity index (χ4n) is 3.93. The molecule has 2 aromatic carbocycles. The van der Waals surface area contributed by atoms with E-state index < -0.39 is 5.82 Å². The van der Waals surface area contributed by atoms with E-state index in [1.807, 2.05) is 12.1 Å². The topological polar surface area (TPSA) is 48.0 Å². The zero-order chi connectivity index (χ0) is 20.8. The normalized spacial score (nSPS) is 17.2. The molecule has 0 unspecified atom stereocenters. The molecular formula is C23H28FNO4. The average molecular weight is 401 g/mol. The smallest absolute Gasteiger partial charge is 0.167 e. The number of Topliss-reactive ketones (excluding diaryl/α,β-unsaturated/α-hetero) is 1. The highest BCUT2D eigenvalue weighted by Gasteiger charge is 2.27. The number of nitrogens with zero attached hydrogens (tertiary/aromatic N) is 1. The Kier molecular flexibility index (Phi) is 7.23. The van der Waals surface area contributed by atoms with Crippen molar-refractivity contribution < 1.29 is 23.4 Å². The van der Waals surface area contributed by atoms with Crippen LogP contribution in [0.4, 0.5) is 4.39 Å². The molecule has 1 heterocycles. The molecule has 1 aliphatic heterocycles. The lowest BCUT2D eigenvalue weighted by atomic mass is 9.89. The molecule has 0 radical (unpaired) electrons. The highest BCUT2D eigenvalue weighted by Crippen LogP contribution is 2.26. The van der Waals surface area contributed by atoms with Crippen molar-refractivity contribution in [3.8, 4) is 11.5 Å². The maximum Gasteiger partial charge on any atom is 0.167 e. The minimum atomic E-state index is -0.505. The van der Waals surface area contributed by atoms with Crippen molar-refractivity contribution in [1.29, 1.82) is 0 Å². The zero-order valence-electron chi connectivity index (χ0n) is 17.2. The molecule has 0 saturated carbocycles. The van der Waals surface area contributed by atoms with Gasteiger partial charge < -0.3 is 14.2 Å². The second kappa shape index (κ2) is 9.85. The quantitative estimate of drug-likeness (QED) is 0.624. The molecular weight excluding hydrogens is 373 g/mol. The monoisotopic (exact) mass is 401 g/mol. The molecule has 156 valence electrons. The van der Waals surface area contributed by atoms with Gasteiger partial charge in [0.1, 0.15) is 5.75 Å². The van der Waals surface area contributed by atoms with Crippen LogP contribution in [0.15, 0.2) is 36.4 Å². The van der Waals surface area contributed by atoms with E-state index in [4.69, 9.17) is 14.2 Å². The molecule has 29 heavy (non-hydrogen) atoms. The summed E-state index contributed by atoms with van der Waals surface area (Å²) < 4.78 is 29.6. The van der Waals surface area contributed by atoms with Crippen LogP contribution in [-0.2, 0) is 17.9 Å². The number of likely N-dealkylation sites (tertiary alicyclic amines) is 1. The summed E-state index contributed by atoms with van der Waals surface area (Å²) in [6.07, 6.45) is 1.76. The van der Waals surface area contributed by atoms with Gasteiger partial charge in [0.15, 0.2) is 17.3 Å². The largest absolute Gasteiger partial charge is 0.496 e. The number of piperidine rings is 1. The molecule has 1 atom stereocenters. The second-order valence-corrected chi connectivity index (χ2v) is 7.37. The summed E-state index contributed by atoms with van der Waals surface area (Å²) in [5.74, 6) is 0.316. The third kappa shape index (κ3) is 5.14. The van der Waals surface area contributed by atoms with Crippen LogP contribution in [0.25, 0.3) is 0 Å². The fraction of sp³-hybridized carbons (Fsp3) is 0.435. The first kappa shape index (κ1) is 21.3. The summed E-state index contributed by atoms with van der Waals surface area (Å²) in [4.78, 5) is 15.2. The molecule has 5 nitrogen and oxygen atoms in total. The first-order valence-electron chi connectivity index (χ1n) is 9.80. The lowest BCUT2D eigenvalue weighted by Crippen LogP contribution is -2.38. The Morgan fingerprint density at radius 3 is 2.55 bits per heavy atom. The number of hydrogen-bond donors (Lipinski definition) is 0. The second-order valence-electron chi connectivity index (χ2n) is 7.37. The minimum Gasteiger partial charge on any atom is -0.496 e. The van der Waals surface area contributed by atoms with Crippen LogP contribution in [0.1, 0.15) is 34.3 Å². The lowest BCUT2D eigenvalue weighted by molar-refractivity contribution is 0.0811. The van der Waals surface area contributed by atoms with Crippen LogP contribution < -0.4 is 9.47 Å². The molecule has 1 fully saturated rings. The van der Waals surface area contributed by atoms with Crippen LogP contribution in [0.5, 0.6) is 11.5 Å². The van der Waals surface area contributed by atoms with Gasteiger partial charge in [0.2, 0.25) is 0 Å². The van der Waals surface area contributed by atoms with E-state index in [-0.39, 0.29) is 17.5 Å². The van der Waals surface area contributed by atoms with Gasteiger partial charge in [-0.1, -0.05) is 6.07 Å². The molecule has 0 amide bonds. The Balaban J connectivity index is 1.68. The van der Waals surface area contributed by atoms with Gasteiger partial charge in [0, 0.05) is 37.2 Å². The predicted molar refractivity (Wildman–Crippen MR) is 109 cm³/mol. The molecule has 0 N–H and O–H groups in total. The van der Waals surface area contributed by atoms with Crippen molar-refractivity contribution in [2.75, 3.05) is 34.4 Å². The predicted octanol–water partition coefficient (Wildman–Crippen LogP) is 4.08. The number of benzene rings is 2. The van der Waals surface area contributed by atoms with Gasteiger partial charge in [0.25, 0.3) is 0 Å². The molecule has 0 spiro atoms. The Morgan fingerprint density at radius 1 is 1.10 bits per heavy atom. The van der Waals surface area contributed by atoms with Crippen LogP contribution in [0.3, 0.4) is 0 Å². The van der Waals surface area contributed by atoms with Gasteiger partial charge in [-0.25, -0.2) is 4.39 Å². The molecule has 2 aromatic rings. The summed E-state index contributed by atoms with van der Waals surface area (Å²) >= 11 is 0. The highest BCUT2D eigenvalue weighted by molar-refractivity contribution is 5.98. The SMILES string of the molecule is COCc1cc(CN2CCC[C@H](C(=O)c3ccc(OC)c(F)c3)C2)ccc1OC. The standard InChI is InChI=1S/C23H28FNO4/c1-27-15-19-11-16(6-8-21(19)28-2)13-25-10-4-5-18(14-25)23(26)17-7-9-22(29-3)20(24)12-17/h6-9,11-12,18H,4-5,10,13-15H2,1-3H3/t18-/m0/s1. The van der Waals surface area contributed by atoms with Gasteiger partial charge in [-0.3, -0.25) is 9.69 Å². The Labute approximate surface area is 171 Å². The summed E-state index contributed by atoms with van der Waals surface area (Å²) in [7, 11) is 4.72. The van der Waals surface area contributed by atoms with E-state index in [9.17, 15) is 9.18 Å². The number of carbonyl (C=O) groups is 1. The van der Waals surface area contributed by atoms with E-state index in [0.29, 0.717) is 18.7 Å². The van der Waals surface area contributed by atoms with Crippen molar-refractivity contribution in [2.45, 2.75) is 26.0 Å². The first-order valence-corrected chi connectivity index (χ1v) is 9.80. The zero-order valence-corrected chi connectivity index (χ0v) is 17.2. The van der Waals surface area contributed by atoms with E-state index in [2.05, 4.69) is 11.0 Å². The van der Waals surface area contributed by atoms with Gasteiger partial charge in [-0.2, -0.15) is 0 Å². The summed E-state index contributed by atoms with van der Waals surface area (Å²) in [6, 6.07) is 10.5. The van der Waals surface area contributed by atoms with Crippen LogP contribution in [-0.4, -0.2) is 45.1 Å². The molecule has 0 aromatic heterocycles. The number of halogens is 1. The number of ether oxygens (including phenoxy) is 3. The Hall–Kier alpha value is -2.44. The van der Waals surface area contributed by atoms with Crippen molar-refractivity contribution in [2.24, 2.45) is 5.92 Å². The molecule has 0 aliphatic carbocycles. The molecule has 6 heteroatoms. The average Bonchev–Trinajstić information content (AvgIpc) is 2.74. The number of methoxy groups -OCH3 is 3. The highest BCUT2D eigenvalue weighted by atomic mass is 19.1. The lowest BCUT2D eigenvalue weighted by Gasteiger charge is -2.32. The van der Waals surface area contributed by atoms with E-state index >= 15 is 0 Å². The van der Waals surface area contributed by atoms with Crippen molar-refractivity contribution in [3.63, 3.8) is 0 Å². The maximum atomic E-state index is 14.0. The molecule has 0 bridgehead atoms. The van der Waals surface area contributed by atoms with E-state index in [1.165, 1.54) is 19.2 Å². The third-order valence-corrected chi connectivity index (χ3v) is 5.36. The fourth-order valence-corrected chi connectivity index (χ4v) is 3.93. The third-order valence-electron chi connectivity index (χ3n) is 5.36. The van der Waals surface area contributed by atoms with Gasteiger partial charge in [-0.05, 0) is 55.3 Å². The minimum absolute atomic E-state index is 0.00828. The summed E-state index contributed by atoms with van der Waals surface area (Å²) in [5.41, 5.74) is 2.56. The molecule has 1 aliphatic rings. The van der Waals surface area contributed by atoms with Gasteiger partial charge in [0.05, 0.1) is 20.8 Å². The molecule has 3 rings (SSSR count). The first-order chi connectivity index (χ1) is 14.0. The molecule has 1 saturated heterocycles. The van der Waals surface area contributed by atoms with Crippen LogP contribution >= 0.6 is 0 Å². The number of hydrogen-bond acceptors (Lipinski definition) is 5. The Bertz CT molecular complexity index is 855. The number of ketones is 1. The summed E-state index contributed by atoms with van der Waals surface area (Å²) in [5, 5.41) is 0. The van der Waals surface area contributed by atoms with Crippen LogP contribution in [0.2, 0.25) is 0 Å². The van der Waals surface area contributed by atoms with Crippen molar-refractivity contribution >= 4 is 5.78 Å². The summed E-state index contributed by atoms with van der Waals surface area (Å²) in [6.45, 7) is 2.84. The maximum absolute atomic E-state index is 14.0. The Morgan fingerprint density at radius 2 is 1.86 bits per heavy atom. The number of carbonyl (C=O) groups excluding carboxylic acids is 1. The van der Waals surface area contributed by atoms with E-state index in [1.54, 1.807) is 20.3 Å². The van der Waals surface area contributed by atoms with E-state index in [0.717, 1.165) is 42.8 Å². The van der Waals surface area contributed by atoms with Crippen LogP contribution in [0, 0.1) is 11.7 Å². The number of rotatable bonds is 8. The van der Waals surface area contributed by atoms with Gasteiger partial charge in [-0.15, -0.1) is 0 Å². The van der Waals surface area contributed by atoms with Crippen molar-refractivity contribution in [3.05, 3.63) is 58.9 Å². The van der Waals surface area contributed by atoms with Crippen molar-refractivity contribution in [1.82, 2.24) is 4.90 Å². The van der Waals surface area contributed by atoms with Gasteiger partial charge >= 0.3 is 0 Å².